The first-order chi connectivity index (χ1) is 13.6. The van der Waals surface area contributed by atoms with Crippen LogP contribution in [0.15, 0.2) is 59.0 Å². The molecule has 0 aliphatic carbocycles. The van der Waals surface area contributed by atoms with E-state index in [0.29, 0.717) is 10.6 Å². The third-order valence-corrected chi connectivity index (χ3v) is 4.02. The normalized spacial score (nSPS) is 12.8. The van der Waals surface area contributed by atoms with Gasteiger partial charge in [-0.2, -0.15) is 4.98 Å². The minimum atomic E-state index is -1.04. The van der Waals surface area contributed by atoms with E-state index in [1.165, 1.54) is 12.1 Å². The first kappa shape index (κ1) is 17.5. The van der Waals surface area contributed by atoms with Crippen LogP contribution in [-0.2, 0) is 4.84 Å². The molecule has 0 fully saturated rings. The molecule has 0 radical (unpaired) electrons. The Balaban J connectivity index is 1.63. The topological polar surface area (TPSA) is 98.9 Å². The number of hydroxylamine groups is 2. The van der Waals surface area contributed by atoms with Gasteiger partial charge in [-0.25, -0.2) is 4.79 Å². The predicted molar refractivity (Wildman–Crippen MR) is 95.5 cm³/mol. The maximum Gasteiger partial charge on any atom is 0.389 e. The number of imide groups is 1. The summed E-state index contributed by atoms with van der Waals surface area (Å²) < 4.78 is 10.8. The van der Waals surface area contributed by atoms with Crippen molar-refractivity contribution < 1.29 is 28.4 Å². The average molecular weight is 378 g/mol. The minimum absolute atomic E-state index is 0.150. The van der Waals surface area contributed by atoms with Crippen LogP contribution in [0.1, 0.15) is 38.1 Å². The van der Waals surface area contributed by atoms with Crippen LogP contribution in [0, 0.1) is 0 Å². The molecule has 2 heterocycles. The number of oxazole rings is 1. The number of hydrogen-bond donors (Lipinski definition) is 0. The molecule has 0 saturated heterocycles. The molecule has 3 aromatic rings. The van der Waals surface area contributed by atoms with Crippen LogP contribution in [0.3, 0.4) is 0 Å². The van der Waals surface area contributed by atoms with Crippen molar-refractivity contribution in [3.05, 3.63) is 71.4 Å². The third kappa shape index (κ3) is 2.90. The maximum atomic E-state index is 12.6. The summed E-state index contributed by atoms with van der Waals surface area (Å²) in [4.78, 5) is 46.5. The zero-order valence-corrected chi connectivity index (χ0v) is 14.7. The van der Waals surface area contributed by atoms with Gasteiger partial charge in [0, 0.05) is 5.56 Å². The fourth-order valence-corrected chi connectivity index (χ4v) is 2.74. The van der Waals surface area contributed by atoms with Gasteiger partial charge in [-0.1, -0.05) is 35.4 Å². The van der Waals surface area contributed by atoms with Crippen molar-refractivity contribution in [2.24, 2.45) is 0 Å². The van der Waals surface area contributed by atoms with Crippen LogP contribution in [0.5, 0.6) is 5.95 Å². The Bertz CT molecular complexity index is 1040. The lowest BCUT2D eigenvalue weighted by Crippen LogP contribution is -2.32. The number of nitrogens with zero attached hydrogens (tertiary/aromatic N) is 2. The maximum absolute atomic E-state index is 12.6. The molecule has 140 valence electrons. The molecule has 2 amide bonds. The number of rotatable bonds is 5. The molecule has 8 heteroatoms. The van der Waals surface area contributed by atoms with Gasteiger partial charge in [-0.05, 0) is 31.2 Å². The molecule has 8 nitrogen and oxygen atoms in total. The van der Waals surface area contributed by atoms with Gasteiger partial charge < -0.3 is 14.0 Å². The van der Waals surface area contributed by atoms with E-state index in [4.69, 9.17) is 14.0 Å². The van der Waals surface area contributed by atoms with E-state index in [-0.39, 0.29) is 35.3 Å². The monoisotopic (exact) mass is 378 g/mol. The number of carbonyl (C=O) groups is 3. The highest BCUT2D eigenvalue weighted by molar-refractivity contribution is 6.21. The summed E-state index contributed by atoms with van der Waals surface area (Å²) in [6.45, 7) is 1.93. The second-order valence-electron chi connectivity index (χ2n) is 5.78. The molecule has 2 aromatic carbocycles. The van der Waals surface area contributed by atoms with E-state index in [1.807, 2.05) is 6.07 Å². The minimum Gasteiger partial charge on any atom is -0.464 e. The Morgan fingerprint density at radius 1 is 1.00 bits per heavy atom. The van der Waals surface area contributed by atoms with E-state index >= 15 is 0 Å². The summed E-state index contributed by atoms with van der Waals surface area (Å²) in [5.74, 6) is -2.48. The first-order valence-corrected chi connectivity index (χ1v) is 8.49. The first-order valence-electron chi connectivity index (χ1n) is 8.49. The van der Waals surface area contributed by atoms with E-state index in [1.54, 1.807) is 43.3 Å². The molecule has 28 heavy (non-hydrogen) atoms. The number of fused-ring (bicyclic) bond motifs is 1. The zero-order chi connectivity index (χ0) is 19.7. The molecule has 1 aliphatic rings. The molecular formula is C20H14N2O6. The molecule has 0 saturated carbocycles. The van der Waals surface area contributed by atoms with Crippen LogP contribution >= 0.6 is 0 Å². The van der Waals surface area contributed by atoms with E-state index in [2.05, 4.69) is 4.98 Å². The lowest BCUT2D eigenvalue weighted by Gasteiger charge is -2.11. The van der Waals surface area contributed by atoms with E-state index < -0.39 is 17.8 Å². The fourth-order valence-electron chi connectivity index (χ4n) is 2.74. The molecule has 0 spiro atoms. The summed E-state index contributed by atoms with van der Waals surface area (Å²) in [5.41, 5.74) is 0.686. The Morgan fingerprint density at radius 3 is 2.21 bits per heavy atom. The van der Waals surface area contributed by atoms with Crippen molar-refractivity contribution in [3.8, 4) is 17.4 Å². The van der Waals surface area contributed by atoms with Crippen molar-refractivity contribution in [2.75, 3.05) is 6.61 Å². The summed E-state index contributed by atoms with van der Waals surface area (Å²) >= 11 is 0. The molecule has 1 aromatic heterocycles. The van der Waals surface area contributed by atoms with Crippen molar-refractivity contribution in [2.45, 2.75) is 6.92 Å². The Kier molecular flexibility index (Phi) is 4.36. The van der Waals surface area contributed by atoms with Crippen molar-refractivity contribution >= 4 is 17.8 Å². The van der Waals surface area contributed by atoms with Gasteiger partial charge in [0.1, 0.15) is 0 Å². The Morgan fingerprint density at radius 2 is 1.61 bits per heavy atom. The molecular weight excluding hydrogens is 364 g/mol. The smallest absolute Gasteiger partial charge is 0.389 e. The van der Waals surface area contributed by atoms with Crippen LogP contribution in [0.4, 0.5) is 0 Å². The second kappa shape index (κ2) is 6.99. The third-order valence-electron chi connectivity index (χ3n) is 4.02. The van der Waals surface area contributed by atoms with Crippen molar-refractivity contribution in [1.82, 2.24) is 10.0 Å². The number of amides is 2. The lowest BCUT2D eigenvalue weighted by atomic mass is 10.1. The summed E-state index contributed by atoms with van der Waals surface area (Å²) in [6, 6.07) is 15.1. The van der Waals surface area contributed by atoms with Gasteiger partial charge in [0.2, 0.25) is 11.6 Å². The number of ether oxygens (including phenoxy) is 1. The second-order valence-corrected chi connectivity index (χ2v) is 5.78. The van der Waals surface area contributed by atoms with Crippen molar-refractivity contribution in [1.29, 1.82) is 0 Å². The van der Waals surface area contributed by atoms with Gasteiger partial charge in [-0.15, -0.1) is 0 Å². The van der Waals surface area contributed by atoms with Crippen LogP contribution < -0.4 is 4.74 Å². The summed E-state index contributed by atoms with van der Waals surface area (Å²) in [7, 11) is 0. The fraction of sp³-hybridized carbons (Fsp3) is 0.100. The van der Waals surface area contributed by atoms with Gasteiger partial charge in [0.25, 0.3) is 11.8 Å². The largest absolute Gasteiger partial charge is 0.464 e. The van der Waals surface area contributed by atoms with Crippen LogP contribution in [0.25, 0.3) is 11.5 Å². The number of aromatic nitrogens is 1. The summed E-state index contributed by atoms with van der Waals surface area (Å²) in [5, 5.41) is 0.416. The SMILES string of the molecule is CCOc1oc(-c2ccccc2)nc1C(=O)ON1C(=O)c2ccccc2C1=O. The highest BCUT2D eigenvalue weighted by Gasteiger charge is 2.40. The van der Waals surface area contributed by atoms with Gasteiger partial charge in [0.05, 0.1) is 17.7 Å². The van der Waals surface area contributed by atoms with Crippen LogP contribution in [0.2, 0.25) is 0 Å². The number of benzene rings is 2. The Labute approximate surface area is 159 Å². The van der Waals surface area contributed by atoms with Crippen LogP contribution in [-0.4, -0.2) is 34.4 Å². The van der Waals surface area contributed by atoms with E-state index in [0.717, 1.165) is 0 Å². The molecule has 0 unspecified atom stereocenters. The number of carbonyl (C=O) groups excluding carboxylic acids is 3. The van der Waals surface area contributed by atoms with E-state index in [9.17, 15) is 14.4 Å². The van der Waals surface area contributed by atoms with Gasteiger partial charge >= 0.3 is 11.9 Å². The van der Waals surface area contributed by atoms with Gasteiger partial charge in [-0.3, -0.25) is 9.59 Å². The number of hydrogen-bond acceptors (Lipinski definition) is 7. The zero-order valence-electron chi connectivity index (χ0n) is 14.7. The average Bonchev–Trinajstić information content (AvgIpc) is 3.25. The molecule has 4 rings (SSSR count). The summed E-state index contributed by atoms with van der Waals surface area (Å²) in [6.07, 6.45) is 0. The van der Waals surface area contributed by atoms with Gasteiger partial charge in [0.15, 0.2) is 0 Å². The predicted octanol–water partition coefficient (Wildman–Crippen LogP) is 3.11. The standard InChI is InChI=1S/C20H14N2O6/c1-2-26-20-15(21-16(27-20)12-8-4-3-5-9-12)19(25)28-22-17(23)13-10-6-7-11-14(13)18(22)24/h3-11H,2H2,1H3. The molecule has 0 atom stereocenters. The lowest BCUT2D eigenvalue weighted by molar-refractivity contribution is -0.0591. The van der Waals surface area contributed by atoms with Crippen molar-refractivity contribution in [3.63, 3.8) is 0 Å². The Hall–Kier alpha value is -3.94. The quantitative estimate of drug-likeness (QED) is 0.629. The highest BCUT2D eigenvalue weighted by atomic mass is 16.7. The molecule has 0 N–H and O–H groups in total. The molecule has 1 aliphatic heterocycles. The molecule has 0 bridgehead atoms. The highest BCUT2D eigenvalue weighted by Crippen LogP contribution is 2.29.